The number of sulfonamides is 2. The number of nitrogens with one attached hydrogen (secondary N) is 2. The second-order valence-electron chi connectivity index (χ2n) is 11.1. The molecule has 0 heterocycles. The minimum absolute atomic E-state index is 0.0256. The topological polar surface area (TPSA) is 259 Å². The summed E-state index contributed by atoms with van der Waals surface area (Å²) in [5.74, 6) is -4.06. The van der Waals surface area contributed by atoms with Crippen LogP contribution < -0.4 is 20.9 Å². The minimum atomic E-state index is -4.43. The molecule has 0 spiro atoms. The van der Waals surface area contributed by atoms with Crippen LogP contribution in [0.3, 0.4) is 0 Å². The van der Waals surface area contributed by atoms with E-state index in [1.54, 1.807) is 13.8 Å². The number of carbonyl (C=O) groups is 2. The lowest BCUT2D eigenvalue weighted by atomic mass is 9.93. The van der Waals surface area contributed by atoms with E-state index in [0.29, 0.717) is 0 Å². The third kappa shape index (κ3) is 6.50. The summed E-state index contributed by atoms with van der Waals surface area (Å²) in [5.41, 5.74) is 11.2. The van der Waals surface area contributed by atoms with E-state index in [0.717, 1.165) is 12.1 Å². The van der Waals surface area contributed by atoms with Gasteiger partial charge in [-0.2, -0.15) is 0 Å². The predicted molar refractivity (Wildman–Crippen MR) is 163 cm³/mol. The summed E-state index contributed by atoms with van der Waals surface area (Å²) in [6.45, 7) is 2.82. The lowest BCUT2D eigenvalue weighted by Crippen LogP contribution is -2.36. The molecular weight excluding hydrogens is 616 g/mol. The van der Waals surface area contributed by atoms with Gasteiger partial charge < -0.3 is 31.9 Å². The maximum Gasteiger partial charge on any atom is 0.320 e. The monoisotopic (exact) mass is 650 g/mol. The Morgan fingerprint density at radius 3 is 1.39 bits per heavy atom. The van der Waals surface area contributed by atoms with E-state index >= 15 is 0 Å². The Morgan fingerprint density at radius 1 is 0.682 bits per heavy atom. The van der Waals surface area contributed by atoms with Crippen molar-refractivity contribution in [2.24, 2.45) is 23.3 Å². The van der Waals surface area contributed by atoms with Crippen molar-refractivity contribution in [1.82, 2.24) is 9.44 Å². The molecule has 0 aliphatic rings. The predicted octanol–water partition coefficient (Wildman–Crippen LogP) is 1.43. The highest BCUT2D eigenvalue weighted by molar-refractivity contribution is 7.90. The van der Waals surface area contributed by atoms with Crippen LogP contribution >= 0.6 is 0 Å². The summed E-state index contributed by atoms with van der Waals surface area (Å²) in [6.07, 6.45) is -0.0513. The number of aromatic hydroxyl groups is 2. The lowest BCUT2D eigenvalue weighted by Gasteiger charge is -2.20. The third-order valence-electron chi connectivity index (χ3n) is 7.55. The van der Waals surface area contributed by atoms with Gasteiger partial charge in [-0.15, -0.1) is 0 Å². The zero-order valence-electron chi connectivity index (χ0n) is 23.8. The molecule has 0 saturated heterocycles. The Bertz CT molecular complexity index is 1830. The number of hydrogen-bond donors (Lipinski definition) is 8. The molecule has 14 nitrogen and oxygen atoms in total. The molecule has 4 atom stereocenters. The highest BCUT2D eigenvalue weighted by Gasteiger charge is 2.29. The molecule has 4 unspecified atom stereocenters. The quantitative estimate of drug-likeness (QED) is 0.0902. The SMILES string of the molecule is CC(CNS(=O)(=O)c1cc(S(=O)(=O)NCC(C)CC(N)C(=O)O)c2ccc3c(O)cc(O)c4ccc1c2c43)CC(N)C(=O)O. The summed E-state index contributed by atoms with van der Waals surface area (Å²) in [6, 6.07) is 5.51. The van der Waals surface area contributed by atoms with Gasteiger partial charge in [0.05, 0.1) is 9.79 Å². The van der Waals surface area contributed by atoms with E-state index < -0.39 is 65.7 Å². The van der Waals surface area contributed by atoms with Crippen molar-refractivity contribution in [3.63, 3.8) is 0 Å². The van der Waals surface area contributed by atoms with E-state index in [4.69, 9.17) is 21.7 Å². The standard InChI is InChI=1S/C28H34N4O10S2/c1-13(7-19(29)27(35)36)11-31-43(39,40)23-10-24(44(41,42)32-12-14(2)8-20(30)28(37)38)18-6-4-16-22(34)9-21(33)15-3-5-17(23)26(18)25(15)16/h3-6,9-10,13-14,19-20,31-34H,7-8,11-12,29-30H2,1-2H3,(H,35,36)(H,37,38). The number of rotatable bonds is 14. The number of nitrogens with two attached hydrogens (primary N) is 2. The molecule has 0 aliphatic heterocycles. The first-order valence-electron chi connectivity index (χ1n) is 13.6. The van der Waals surface area contributed by atoms with Crippen molar-refractivity contribution in [2.75, 3.05) is 13.1 Å². The highest BCUT2D eigenvalue weighted by Crippen LogP contribution is 2.45. The van der Waals surface area contributed by atoms with Crippen molar-refractivity contribution < 1.29 is 46.9 Å². The molecule has 44 heavy (non-hydrogen) atoms. The Balaban J connectivity index is 1.87. The number of carboxylic acid groups (broad SMARTS) is 2. The minimum Gasteiger partial charge on any atom is -0.507 e. The second-order valence-corrected chi connectivity index (χ2v) is 14.6. The van der Waals surface area contributed by atoms with Crippen molar-refractivity contribution in [3.8, 4) is 11.5 Å². The van der Waals surface area contributed by atoms with Gasteiger partial charge >= 0.3 is 11.9 Å². The van der Waals surface area contributed by atoms with Crippen LogP contribution in [0.25, 0.3) is 32.3 Å². The summed E-state index contributed by atoms with van der Waals surface area (Å²) in [4.78, 5) is 21.5. The average molecular weight is 651 g/mol. The molecule has 0 bridgehead atoms. The van der Waals surface area contributed by atoms with Gasteiger partial charge in [-0.25, -0.2) is 26.3 Å². The van der Waals surface area contributed by atoms with Gasteiger partial charge in [0, 0.05) is 51.5 Å². The van der Waals surface area contributed by atoms with Crippen molar-refractivity contribution in [2.45, 2.75) is 48.6 Å². The normalized spacial score (nSPS) is 15.5. The fourth-order valence-corrected chi connectivity index (χ4v) is 8.09. The zero-order valence-corrected chi connectivity index (χ0v) is 25.4. The Hall–Kier alpha value is -3.80. The van der Waals surface area contributed by atoms with E-state index in [1.165, 1.54) is 24.3 Å². The summed E-state index contributed by atoms with van der Waals surface area (Å²) < 4.78 is 59.7. The maximum atomic E-state index is 13.7. The molecule has 0 amide bonds. The van der Waals surface area contributed by atoms with Crippen molar-refractivity contribution in [1.29, 1.82) is 0 Å². The van der Waals surface area contributed by atoms with Gasteiger partial charge in [-0.3, -0.25) is 9.59 Å². The number of phenolic OH excluding ortho intramolecular Hbond substituents is 2. The van der Waals surface area contributed by atoms with Crippen LogP contribution in [0.4, 0.5) is 0 Å². The van der Waals surface area contributed by atoms with Crippen LogP contribution in [0.1, 0.15) is 26.7 Å². The number of benzene rings is 4. The summed E-state index contributed by atoms with van der Waals surface area (Å²) in [7, 11) is -8.87. The van der Waals surface area contributed by atoms with E-state index in [1.807, 2.05) is 0 Å². The molecule has 4 rings (SSSR count). The number of hydrogen-bond acceptors (Lipinski definition) is 10. The van der Waals surface area contributed by atoms with Gasteiger partial charge in [0.25, 0.3) is 0 Å². The lowest BCUT2D eigenvalue weighted by molar-refractivity contribution is -0.139. The van der Waals surface area contributed by atoms with Crippen LogP contribution in [0.15, 0.2) is 46.2 Å². The van der Waals surface area contributed by atoms with Gasteiger partial charge in [-0.1, -0.05) is 26.0 Å². The molecule has 0 aliphatic carbocycles. The smallest absolute Gasteiger partial charge is 0.320 e. The molecule has 0 fully saturated rings. The van der Waals surface area contributed by atoms with Crippen LogP contribution in [0.5, 0.6) is 11.5 Å². The number of phenols is 2. The van der Waals surface area contributed by atoms with Crippen molar-refractivity contribution in [3.05, 3.63) is 36.4 Å². The molecule has 0 radical (unpaired) electrons. The highest BCUT2D eigenvalue weighted by atomic mass is 32.2. The van der Waals surface area contributed by atoms with Gasteiger partial charge in [0.1, 0.15) is 23.6 Å². The molecular formula is C28H34N4O10S2. The molecule has 16 heteroatoms. The zero-order chi connectivity index (χ0) is 32.7. The molecule has 4 aromatic carbocycles. The largest absolute Gasteiger partial charge is 0.507 e. The first-order valence-corrected chi connectivity index (χ1v) is 16.5. The summed E-state index contributed by atoms with van der Waals surface area (Å²) >= 11 is 0. The van der Waals surface area contributed by atoms with Crippen LogP contribution in [0, 0.1) is 11.8 Å². The van der Waals surface area contributed by atoms with Crippen LogP contribution in [-0.4, -0.2) is 74.4 Å². The fraction of sp³-hybridized carbons (Fsp3) is 0.357. The van der Waals surface area contributed by atoms with Gasteiger partial charge in [-0.05, 0) is 42.9 Å². The summed E-state index contributed by atoms with van der Waals surface area (Å²) in [5, 5.41) is 40.5. The average Bonchev–Trinajstić information content (AvgIpc) is 2.94. The van der Waals surface area contributed by atoms with E-state index in [9.17, 15) is 36.6 Å². The molecule has 10 N–H and O–H groups in total. The van der Waals surface area contributed by atoms with Crippen LogP contribution in [0.2, 0.25) is 0 Å². The Labute approximate surface area is 253 Å². The first-order chi connectivity index (χ1) is 20.4. The van der Waals surface area contributed by atoms with Crippen molar-refractivity contribution >= 4 is 64.3 Å². The van der Waals surface area contributed by atoms with Crippen LogP contribution in [-0.2, 0) is 29.6 Å². The van der Waals surface area contributed by atoms with E-state index in [-0.39, 0.29) is 69.7 Å². The van der Waals surface area contributed by atoms with Gasteiger partial charge in [0.15, 0.2) is 0 Å². The third-order valence-corrected chi connectivity index (χ3v) is 10.5. The fourth-order valence-electron chi connectivity index (χ4n) is 5.23. The molecule has 0 saturated carbocycles. The number of carboxylic acids is 2. The van der Waals surface area contributed by atoms with Gasteiger partial charge in [0.2, 0.25) is 20.0 Å². The molecule has 4 aromatic rings. The Kier molecular flexibility index (Phi) is 9.25. The molecule has 238 valence electrons. The second kappa shape index (κ2) is 12.3. The number of aliphatic carboxylic acids is 2. The van der Waals surface area contributed by atoms with E-state index in [2.05, 4.69) is 9.44 Å². The first kappa shape index (κ1) is 33.1. The maximum absolute atomic E-state index is 13.7. The molecule has 0 aromatic heterocycles. The Morgan fingerprint density at radius 2 is 1.02 bits per heavy atom.